The van der Waals surface area contributed by atoms with Crippen LogP contribution in [0.2, 0.25) is 0 Å². The summed E-state index contributed by atoms with van der Waals surface area (Å²) in [4.78, 5) is 0. The fourth-order valence-corrected chi connectivity index (χ4v) is 1.36. The molecule has 0 fully saturated rings. The van der Waals surface area contributed by atoms with Crippen LogP contribution in [0.15, 0.2) is 24.3 Å². The lowest BCUT2D eigenvalue weighted by Crippen LogP contribution is -1.85. The minimum Gasteiger partial charge on any atom is -0.399 e. The van der Waals surface area contributed by atoms with Crippen molar-refractivity contribution in [1.82, 2.24) is 0 Å². The fourth-order valence-electron chi connectivity index (χ4n) is 0.850. The van der Waals surface area contributed by atoms with Crippen LogP contribution in [-0.2, 0) is 5.75 Å². The number of hydrogen-bond donors (Lipinski definition) is 1. The van der Waals surface area contributed by atoms with Crippen molar-refractivity contribution in [3.8, 4) is 0 Å². The number of rotatable bonds is 2. The first-order valence-corrected chi connectivity index (χ1v) is 4.55. The molecule has 1 rings (SSSR count). The van der Waals surface area contributed by atoms with Gasteiger partial charge in [-0.2, -0.15) is 11.8 Å². The molecule has 2 heteroatoms. The van der Waals surface area contributed by atoms with Crippen molar-refractivity contribution >= 4 is 17.4 Å². The quantitative estimate of drug-likeness (QED) is 0.659. The number of hydrogen-bond acceptors (Lipinski definition) is 2. The third kappa shape index (κ3) is 1.95. The van der Waals surface area contributed by atoms with Gasteiger partial charge in [-0.3, -0.25) is 0 Å². The lowest BCUT2D eigenvalue weighted by atomic mass is 10.2. The van der Waals surface area contributed by atoms with E-state index in [1.807, 2.05) is 30.0 Å². The normalized spacial score (nSPS) is 9.70. The molecule has 1 aromatic rings. The first-order valence-electron chi connectivity index (χ1n) is 3.16. The summed E-state index contributed by atoms with van der Waals surface area (Å²) in [7, 11) is 0. The second-order valence-corrected chi connectivity index (χ2v) is 3.04. The van der Waals surface area contributed by atoms with E-state index in [-0.39, 0.29) is 0 Å². The molecule has 10 heavy (non-hydrogen) atoms. The van der Waals surface area contributed by atoms with Gasteiger partial charge in [0, 0.05) is 11.4 Å². The Morgan fingerprint density at radius 3 is 2.90 bits per heavy atom. The Morgan fingerprint density at radius 1 is 1.50 bits per heavy atom. The number of nitrogens with two attached hydrogens (primary N) is 1. The molecular weight excluding hydrogens is 142 g/mol. The van der Waals surface area contributed by atoms with Crippen LogP contribution >= 0.6 is 11.8 Å². The summed E-state index contributed by atoms with van der Waals surface area (Å²) >= 11 is 1.81. The molecule has 0 heterocycles. The van der Waals surface area contributed by atoms with Crippen molar-refractivity contribution in [2.24, 2.45) is 0 Å². The van der Waals surface area contributed by atoms with Crippen molar-refractivity contribution in [2.75, 3.05) is 12.0 Å². The van der Waals surface area contributed by atoms with Crippen molar-refractivity contribution in [1.29, 1.82) is 0 Å². The summed E-state index contributed by atoms with van der Waals surface area (Å²) in [6, 6.07) is 7.99. The second-order valence-electron chi connectivity index (χ2n) is 2.18. The van der Waals surface area contributed by atoms with Gasteiger partial charge >= 0.3 is 0 Å². The van der Waals surface area contributed by atoms with E-state index in [0.29, 0.717) is 0 Å². The summed E-state index contributed by atoms with van der Waals surface area (Å²) in [6.07, 6.45) is 2.09. The first-order chi connectivity index (χ1) is 4.83. The standard InChI is InChI=1S/C8H11NS/c1-10-6-7-3-2-4-8(9)5-7/h2-5H,6,9H2,1H3. The zero-order chi connectivity index (χ0) is 7.40. The van der Waals surface area contributed by atoms with Gasteiger partial charge < -0.3 is 5.73 Å². The minimum atomic E-state index is 0.853. The summed E-state index contributed by atoms with van der Waals surface area (Å²) in [5.74, 6) is 1.05. The van der Waals surface area contributed by atoms with Gasteiger partial charge in [-0.05, 0) is 24.0 Å². The molecule has 0 saturated heterocycles. The van der Waals surface area contributed by atoms with Crippen LogP contribution in [0.1, 0.15) is 5.56 Å². The molecule has 0 aliphatic carbocycles. The highest BCUT2D eigenvalue weighted by Gasteiger charge is 1.89. The molecule has 2 N–H and O–H groups in total. The maximum atomic E-state index is 5.58. The number of benzene rings is 1. The van der Waals surface area contributed by atoms with Crippen LogP contribution in [-0.4, -0.2) is 6.26 Å². The molecule has 0 bridgehead atoms. The maximum absolute atomic E-state index is 5.58. The van der Waals surface area contributed by atoms with Gasteiger partial charge in [-0.1, -0.05) is 12.1 Å². The van der Waals surface area contributed by atoms with Crippen LogP contribution in [0.4, 0.5) is 5.69 Å². The van der Waals surface area contributed by atoms with Gasteiger partial charge in [0.15, 0.2) is 0 Å². The Hall–Kier alpha value is -0.630. The molecule has 0 atom stereocenters. The number of anilines is 1. The average Bonchev–Trinajstić information content (AvgIpc) is 1.88. The van der Waals surface area contributed by atoms with E-state index >= 15 is 0 Å². The lowest BCUT2D eigenvalue weighted by Gasteiger charge is -1.97. The highest BCUT2D eigenvalue weighted by atomic mass is 32.2. The molecule has 0 spiro atoms. The van der Waals surface area contributed by atoms with Crippen LogP contribution in [0.25, 0.3) is 0 Å². The van der Waals surface area contributed by atoms with E-state index in [4.69, 9.17) is 5.73 Å². The largest absolute Gasteiger partial charge is 0.399 e. The molecule has 0 unspecified atom stereocenters. The zero-order valence-electron chi connectivity index (χ0n) is 6.00. The van der Waals surface area contributed by atoms with Gasteiger partial charge in [0.25, 0.3) is 0 Å². The van der Waals surface area contributed by atoms with Crippen molar-refractivity contribution in [2.45, 2.75) is 5.75 Å². The Morgan fingerprint density at radius 2 is 2.30 bits per heavy atom. The van der Waals surface area contributed by atoms with E-state index < -0.39 is 0 Å². The number of nitrogen functional groups attached to an aromatic ring is 1. The molecule has 0 radical (unpaired) electrons. The second kappa shape index (κ2) is 3.52. The molecule has 0 aromatic heterocycles. The molecule has 1 nitrogen and oxygen atoms in total. The van der Waals surface area contributed by atoms with Crippen LogP contribution < -0.4 is 5.73 Å². The third-order valence-corrected chi connectivity index (χ3v) is 1.88. The SMILES string of the molecule is CSCc1cccc(N)c1. The lowest BCUT2D eigenvalue weighted by molar-refractivity contribution is 1.42. The third-order valence-electron chi connectivity index (χ3n) is 1.26. The van der Waals surface area contributed by atoms with E-state index in [9.17, 15) is 0 Å². The predicted octanol–water partition coefficient (Wildman–Crippen LogP) is 2.13. The molecule has 1 aromatic carbocycles. The van der Waals surface area contributed by atoms with Crippen molar-refractivity contribution in [3.63, 3.8) is 0 Å². The highest BCUT2D eigenvalue weighted by Crippen LogP contribution is 2.11. The first kappa shape index (κ1) is 7.48. The van der Waals surface area contributed by atoms with Gasteiger partial charge in [-0.25, -0.2) is 0 Å². The molecule has 0 saturated carbocycles. The van der Waals surface area contributed by atoms with E-state index in [0.717, 1.165) is 11.4 Å². The van der Waals surface area contributed by atoms with Gasteiger partial charge in [0.1, 0.15) is 0 Å². The molecule has 0 aliphatic heterocycles. The Labute approximate surface area is 65.6 Å². The molecular formula is C8H11NS. The minimum absolute atomic E-state index is 0.853. The van der Waals surface area contributed by atoms with Crippen LogP contribution in [0, 0.1) is 0 Å². The Balaban J connectivity index is 2.75. The summed E-state index contributed by atoms with van der Waals surface area (Å²) in [5.41, 5.74) is 7.73. The number of thioether (sulfide) groups is 1. The summed E-state index contributed by atoms with van der Waals surface area (Å²) < 4.78 is 0. The Kier molecular flexibility index (Phi) is 2.63. The van der Waals surface area contributed by atoms with Gasteiger partial charge in [-0.15, -0.1) is 0 Å². The van der Waals surface area contributed by atoms with Gasteiger partial charge in [0.05, 0.1) is 0 Å². The zero-order valence-corrected chi connectivity index (χ0v) is 6.82. The molecule has 54 valence electrons. The molecule has 0 aliphatic rings. The smallest absolute Gasteiger partial charge is 0.0317 e. The summed E-state index contributed by atoms with van der Waals surface area (Å²) in [5, 5.41) is 0. The van der Waals surface area contributed by atoms with E-state index in [2.05, 4.69) is 12.3 Å². The Bertz CT molecular complexity index is 210. The monoisotopic (exact) mass is 153 g/mol. The molecule has 0 amide bonds. The van der Waals surface area contributed by atoms with Crippen LogP contribution in [0.5, 0.6) is 0 Å². The van der Waals surface area contributed by atoms with Gasteiger partial charge in [0.2, 0.25) is 0 Å². The van der Waals surface area contributed by atoms with E-state index in [1.54, 1.807) is 0 Å². The highest BCUT2D eigenvalue weighted by molar-refractivity contribution is 7.97. The topological polar surface area (TPSA) is 26.0 Å². The average molecular weight is 153 g/mol. The summed E-state index contributed by atoms with van der Waals surface area (Å²) in [6.45, 7) is 0. The van der Waals surface area contributed by atoms with Crippen LogP contribution in [0.3, 0.4) is 0 Å². The maximum Gasteiger partial charge on any atom is 0.0317 e. The van der Waals surface area contributed by atoms with Crippen molar-refractivity contribution in [3.05, 3.63) is 29.8 Å². The fraction of sp³-hybridized carbons (Fsp3) is 0.250. The predicted molar refractivity (Wildman–Crippen MR) is 48.1 cm³/mol. The van der Waals surface area contributed by atoms with Crippen molar-refractivity contribution < 1.29 is 0 Å². The van der Waals surface area contributed by atoms with E-state index in [1.165, 1.54) is 5.56 Å².